The predicted molar refractivity (Wildman–Crippen MR) is 152 cm³/mol. The number of amides is 2. The Morgan fingerprint density at radius 2 is 1.69 bits per heavy atom. The van der Waals surface area contributed by atoms with Crippen LogP contribution in [0, 0.1) is 10.1 Å². The topological polar surface area (TPSA) is 160 Å². The number of carbonyl (C=O) groups is 2. The Balaban J connectivity index is 1.61. The zero-order valence-electron chi connectivity index (χ0n) is 21.3. The first-order chi connectivity index (χ1) is 18.5. The van der Waals surface area contributed by atoms with Crippen molar-refractivity contribution in [3.05, 3.63) is 88.5 Å². The van der Waals surface area contributed by atoms with Gasteiger partial charge in [-0.15, -0.1) is 11.8 Å². The smallest absolute Gasteiger partial charge is 0.293 e. The van der Waals surface area contributed by atoms with Crippen LogP contribution in [0.4, 0.5) is 17.1 Å². The van der Waals surface area contributed by atoms with Gasteiger partial charge < -0.3 is 16.0 Å². The molecule has 0 aliphatic heterocycles. The Bertz CT molecular complexity index is 1420. The second kappa shape index (κ2) is 13.6. The molecule has 0 aromatic heterocycles. The summed E-state index contributed by atoms with van der Waals surface area (Å²) < 4.78 is 27.6. The lowest BCUT2D eigenvalue weighted by Gasteiger charge is -2.14. The lowest BCUT2D eigenvalue weighted by molar-refractivity contribution is -0.384. The maximum atomic E-state index is 12.8. The average molecular weight is 572 g/mol. The molecule has 11 nitrogen and oxygen atoms in total. The average Bonchev–Trinajstić information content (AvgIpc) is 2.90. The molecule has 0 aliphatic rings. The fourth-order valence-corrected chi connectivity index (χ4v) is 5.28. The molecule has 3 rings (SSSR count). The van der Waals surface area contributed by atoms with Gasteiger partial charge in [-0.1, -0.05) is 18.2 Å². The molecule has 1 atom stereocenters. The monoisotopic (exact) mass is 571 g/mol. The highest BCUT2D eigenvalue weighted by Crippen LogP contribution is 2.28. The third-order valence-electron chi connectivity index (χ3n) is 5.34. The van der Waals surface area contributed by atoms with Crippen LogP contribution in [-0.4, -0.2) is 50.0 Å². The molecular formula is C26H29N5O6S2. The lowest BCUT2D eigenvalue weighted by atomic mass is 10.2. The summed E-state index contributed by atoms with van der Waals surface area (Å²) in [5.41, 5.74) is 0.518. The minimum Gasteiger partial charge on any atom is -0.383 e. The van der Waals surface area contributed by atoms with Gasteiger partial charge in [0.05, 0.1) is 9.82 Å². The number of hydrogen-bond donors (Lipinski definition) is 4. The number of hydrogen-bond acceptors (Lipinski definition) is 9. The van der Waals surface area contributed by atoms with Crippen molar-refractivity contribution < 1.29 is 22.9 Å². The number of nitro groups is 1. The van der Waals surface area contributed by atoms with Gasteiger partial charge in [0, 0.05) is 54.0 Å². The van der Waals surface area contributed by atoms with E-state index in [9.17, 15) is 28.1 Å². The SMILES string of the molecule is CC(=O)N[C@@H](C)CNc1ccc(C(=O)NS(=O)(=O)c2ccc(NCCSc3ccccc3)c([N+](=O)[O-])c2)cc1. The molecule has 0 aliphatic carbocycles. The van der Waals surface area contributed by atoms with Gasteiger partial charge in [-0.05, 0) is 55.5 Å². The van der Waals surface area contributed by atoms with Crippen LogP contribution < -0.4 is 20.7 Å². The van der Waals surface area contributed by atoms with Gasteiger partial charge in [0.25, 0.3) is 21.6 Å². The minimum atomic E-state index is -4.38. The van der Waals surface area contributed by atoms with Crippen molar-refractivity contribution >= 4 is 50.7 Å². The fraction of sp³-hybridized carbons (Fsp3) is 0.231. The third-order valence-corrected chi connectivity index (χ3v) is 7.68. The van der Waals surface area contributed by atoms with Crippen molar-refractivity contribution in [1.82, 2.24) is 10.0 Å². The number of anilines is 2. The molecule has 4 N–H and O–H groups in total. The highest BCUT2D eigenvalue weighted by Gasteiger charge is 2.23. The highest BCUT2D eigenvalue weighted by atomic mass is 32.2. The van der Waals surface area contributed by atoms with Crippen LogP contribution in [0.5, 0.6) is 0 Å². The first-order valence-corrected chi connectivity index (χ1v) is 14.4. The van der Waals surface area contributed by atoms with Crippen molar-refractivity contribution in [2.75, 3.05) is 29.5 Å². The molecule has 0 saturated heterocycles. The molecule has 0 fully saturated rings. The summed E-state index contributed by atoms with van der Waals surface area (Å²) in [6, 6.07) is 19.1. The summed E-state index contributed by atoms with van der Waals surface area (Å²) in [6.45, 7) is 4.13. The molecule has 2 amide bonds. The summed E-state index contributed by atoms with van der Waals surface area (Å²) in [5.74, 6) is -0.387. The number of nitro benzene ring substituents is 1. The largest absolute Gasteiger partial charge is 0.383 e. The second-order valence-corrected chi connectivity index (χ2v) is 11.4. The van der Waals surface area contributed by atoms with Crippen molar-refractivity contribution in [2.45, 2.75) is 29.7 Å². The zero-order chi connectivity index (χ0) is 28.4. The Kier molecular flexibility index (Phi) is 10.3. The number of thioether (sulfide) groups is 1. The van der Waals surface area contributed by atoms with Crippen LogP contribution >= 0.6 is 11.8 Å². The Labute approximate surface area is 231 Å². The number of benzene rings is 3. The predicted octanol–water partition coefficient (Wildman–Crippen LogP) is 3.85. The van der Waals surface area contributed by atoms with E-state index in [1.807, 2.05) is 42.0 Å². The van der Waals surface area contributed by atoms with E-state index >= 15 is 0 Å². The Morgan fingerprint density at radius 1 is 1.00 bits per heavy atom. The standard InChI is InChI=1S/C26H29N5O6S2/c1-18(29-19(2)32)17-28-21-10-8-20(9-11-21)26(33)30-39(36,37)23-12-13-24(25(16-23)31(34)35)27-14-15-38-22-6-4-3-5-7-22/h3-13,16,18,27-28H,14-15,17H2,1-2H3,(H,29,32)(H,30,33)/t18-/m0/s1. The van der Waals surface area contributed by atoms with E-state index in [0.29, 0.717) is 24.5 Å². The third kappa shape index (κ3) is 9.00. The summed E-state index contributed by atoms with van der Waals surface area (Å²) in [6.07, 6.45) is 0. The molecule has 0 unspecified atom stereocenters. The zero-order valence-corrected chi connectivity index (χ0v) is 23.0. The van der Waals surface area contributed by atoms with Crippen molar-refractivity contribution in [2.24, 2.45) is 0 Å². The van der Waals surface area contributed by atoms with Crippen LogP contribution in [0.2, 0.25) is 0 Å². The number of nitrogens with one attached hydrogen (secondary N) is 4. The molecule has 0 bridgehead atoms. The summed E-state index contributed by atoms with van der Waals surface area (Å²) >= 11 is 1.58. The van der Waals surface area contributed by atoms with E-state index < -0.39 is 31.4 Å². The van der Waals surface area contributed by atoms with Gasteiger partial charge in [-0.3, -0.25) is 19.7 Å². The molecule has 0 spiro atoms. The molecule has 0 radical (unpaired) electrons. The molecule has 13 heteroatoms. The van der Waals surface area contributed by atoms with Crippen LogP contribution in [0.1, 0.15) is 24.2 Å². The quantitative estimate of drug-likeness (QED) is 0.103. The molecule has 3 aromatic carbocycles. The minimum absolute atomic E-state index is 0.0859. The summed E-state index contributed by atoms with van der Waals surface area (Å²) in [4.78, 5) is 35.3. The van der Waals surface area contributed by atoms with E-state index in [4.69, 9.17) is 0 Å². The van der Waals surface area contributed by atoms with Crippen molar-refractivity contribution in [3.8, 4) is 0 Å². The van der Waals surface area contributed by atoms with E-state index in [1.165, 1.54) is 31.2 Å². The normalized spacial score (nSPS) is 11.7. The number of nitrogens with zero attached hydrogens (tertiary/aromatic N) is 1. The summed E-state index contributed by atoms with van der Waals surface area (Å²) in [5, 5.41) is 20.4. The van der Waals surface area contributed by atoms with E-state index in [0.717, 1.165) is 11.0 Å². The highest BCUT2D eigenvalue weighted by molar-refractivity contribution is 7.99. The molecule has 0 heterocycles. The molecular weight excluding hydrogens is 542 g/mol. The molecule has 0 saturated carbocycles. The van der Waals surface area contributed by atoms with Crippen LogP contribution in [0.25, 0.3) is 0 Å². The lowest BCUT2D eigenvalue weighted by Crippen LogP contribution is -2.35. The first kappa shape index (κ1) is 29.5. The van der Waals surface area contributed by atoms with Crippen molar-refractivity contribution in [1.29, 1.82) is 0 Å². The molecule has 3 aromatic rings. The van der Waals surface area contributed by atoms with Gasteiger partial charge >= 0.3 is 0 Å². The summed E-state index contributed by atoms with van der Waals surface area (Å²) in [7, 11) is -4.38. The van der Waals surface area contributed by atoms with Gasteiger partial charge in [0.1, 0.15) is 5.69 Å². The number of sulfonamides is 1. The Hall–Kier alpha value is -4.10. The Morgan fingerprint density at radius 3 is 2.33 bits per heavy atom. The van der Waals surface area contributed by atoms with Crippen LogP contribution in [0.3, 0.4) is 0 Å². The van der Waals surface area contributed by atoms with Crippen LogP contribution in [0.15, 0.2) is 82.6 Å². The number of carbonyl (C=O) groups excluding carboxylic acids is 2. The van der Waals surface area contributed by atoms with Gasteiger partial charge in [-0.2, -0.15) is 0 Å². The second-order valence-electron chi connectivity index (χ2n) is 8.52. The van der Waals surface area contributed by atoms with E-state index in [-0.39, 0.29) is 23.2 Å². The van der Waals surface area contributed by atoms with Gasteiger partial charge in [0.2, 0.25) is 5.91 Å². The first-order valence-electron chi connectivity index (χ1n) is 11.9. The van der Waals surface area contributed by atoms with Gasteiger partial charge in [-0.25, -0.2) is 13.1 Å². The fourth-order valence-electron chi connectivity index (χ4n) is 3.50. The van der Waals surface area contributed by atoms with E-state index in [2.05, 4.69) is 16.0 Å². The van der Waals surface area contributed by atoms with E-state index in [1.54, 1.807) is 23.9 Å². The van der Waals surface area contributed by atoms with Crippen molar-refractivity contribution in [3.63, 3.8) is 0 Å². The van der Waals surface area contributed by atoms with Gasteiger partial charge in [0.15, 0.2) is 0 Å². The maximum Gasteiger partial charge on any atom is 0.293 e. The maximum absolute atomic E-state index is 12.8. The molecule has 39 heavy (non-hydrogen) atoms. The molecule has 206 valence electrons. The van der Waals surface area contributed by atoms with Crippen LogP contribution in [-0.2, 0) is 14.8 Å². The number of rotatable bonds is 13.